The van der Waals surface area contributed by atoms with Gasteiger partial charge in [0.2, 0.25) is 5.88 Å². The van der Waals surface area contributed by atoms with Gasteiger partial charge in [-0.1, -0.05) is 11.6 Å². The number of aliphatic hydroxyl groups is 1. The highest BCUT2D eigenvalue weighted by atomic mass is 35.5. The van der Waals surface area contributed by atoms with Gasteiger partial charge in [-0.15, -0.1) is 0 Å². The van der Waals surface area contributed by atoms with Crippen LogP contribution in [-0.2, 0) is 6.61 Å². The van der Waals surface area contributed by atoms with Gasteiger partial charge in [0, 0.05) is 5.56 Å². The number of benzene rings is 1. The first-order valence-corrected chi connectivity index (χ1v) is 5.36. The van der Waals surface area contributed by atoms with Crippen molar-refractivity contribution in [1.29, 1.82) is 0 Å². The molecule has 3 nitrogen and oxygen atoms in total. The fourth-order valence-corrected chi connectivity index (χ4v) is 1.54. The second-order valence-corrected chi connectivity index (χ2v) is 3.86. The summed E-state index contributed by atoms with van der Waals surface area (Å²) < 4.78 is 31.0. The van der Waals surface area contributed by atoms with Gasteiger partial charge in [0.15, 0.2) is 0 Å². The summed E-state index contributed by atoms with van der Waals surface area (Å²) in [6, 6.07) is 4.67. The molecule has 2 rings (SSSR count). The second-order valence-electron chi connectivity index (χ2n) is 3.45. The van der Waals surface area contributed by atoms with E-state index < -0.39 is 18.2 Å². The summed E-state index contributed by atoms with van der Waals surface area (Å²) in [5.74, 6) is -0.891. The Labute approximate surface area is 107 Å². The van der Waals surface area contributed by atoms with Crippen LogP contribution in [0.1, 0.15) is 5.56 Å². The van der Waals surface area contributed by atoms with Crippen LogP contribution in [0, 0.1) is 11.6 Å². The Hall–Kier alpha value is -1.72. The molecule has 18 heavy (non-hydrogen) atoms. The molecule has 1 N–H and O–H groups in total. The zero-order valence-corrected chi connectivity index (χ0v) is 9.79. The Morgan fingerprint density at radius 3 is 2.67 bits per heavy atom. The predicted molar refractivity (Wildman–Crippen MR) is 61.6 cm³/mol. The van der Waals surface area contributed by atoms with Crippen LogP contribution in [0.15, 0.2) is 30.5 Å². The number of hydrogen-bond donors (Lipinski definition) is 1. The molecule has 0 saturated carbocycles. The van der Waals surface area contributed by atoms with E-state index in [0.717, 1.165) is 18.3 Å². The van der Waals surface area contributed by atoms with Gasteiger partial charge in [-0.3, -0.25) is 0 Å². The molecule has 0 aliphatic heterocycles. The molecule has 0 amide bonds. The highest BCUT2D eigenvalue weighted by molar-refractivity contribution is 6.32. The number of aromatic nitrogens is 1. The fourth-order valence-electron chi connectivity index (χ4n) is 1.34. The van der Waals surface area contributed by atoms with Crippen LogP contribution in [0.4, 0.5) is 8.78 Å². The molecule has 0 atom stereocenters. The number of ether oxygens (including phenoxy) is 1. The van der Waals surface area contributed by atoms with Crippen molar-refractivity contribution in [3.63, 3.8) is 0 Å². The predicted octanol–water partition coefficient (Wildman–Crippen LogP) is 3.30. The first-order valence-electron chi connectivity index (χ1n) is 4.98. The molecule has 0 saturated heterocycles. The Morgan fingerprint density at radius 2 is 2.00 bits per heavy atom. The molecule has 0 spiro atoms. The summed E-state index contributed by atoms with van der Waals surface area (Å²) in [6.45, 7) is -0.432. The maximum absolute atomic E-state index is 12.9. The van der Waals surface area contributed by atoms with E-state index in [1.165, 1.54) is 12.1 Å². The lowest BCUT2D eigenvalue weighted by Crippen LogP contribution is -1.96. The zero-order chi connectivity index (χ0) is 13.1. The molecule has 0 bridgehead atoms. The molecular weight excluding hydrogens is 264 g/mol. The van der Waals surface area contributed by atoms with Crippen molar-refractivity contribution >= 4 is 11.6 Å². The van der Waals surface area contributed by atoms with Crippen LogP contribution >= 0.6 is 11.6 Å². The molecule has 1 heterocycles. The number of nitrogens with zero attached hydrogens (tertiary/aromatic N) is 1. The maximum atomic E-state index is 12.9. The molecule has 0 aliphatic rings. The molecule has 1 aromatic carbocycles. The Kier molecular flexibility index (Phi) is 3.74. The lowest BCUT2D eigenvalue weighted by molar-refractivity contribution is 0.274. The molecule has 2 aromatic rings. The highest BCUT2D eigenvalue weighted by Crippen LogP contribution is 2.30. The topological polar surface area (TPSA) is 42.4 Å². The molecule has 6 heteroatoms. The van der Waals surface area contributed by atoms with Gasteiger partial charge in [0.25, 0.3) is 0 Å². The molecule has 1 aromatic heterocycles. The minimum Gasteiger partial charge on any atom is -0.437 e. The van der Waals surface area contributed by atoms with Crippen molar-refractivity contribution in [2.24, 2.45) is 0 Å². The average molecular weight is 272 g/mol. The van der Waals surface area contributed by atoms with Crippen LogP contribution in [-0.4, -0.2) is 10.1 Å². The SMILES string of the molecule is OCc1cc(F)cnc1Oc1ccc(F)cc1Cl. The standard InChI is InChI=1S/C12H8ClF2NO2/c13-10-4-8(14)1-2-11(10)18-12-7(6-17)3-9(15)5-16-12/h1-5,17H,6H2. The van der Waals surface area contributed by atoms with Crippen molar-refractivity contribution in [3.05, 3.63) is 52.7 Å². The van der Waals surface area contributed by atoms with E-state index in [0.29, 0.717) is 0 Å². The fraction of sp³-hybridized carbons (Fsp3) is 0.0833. The molecule has 0 fully saturated rings. The van der Waals surface area contributed by atoms with E-state index in [-0.39, 0.29) is 22.2 Å². The monoisotopic (exact) mass is 271 g/mol. The first-order chi connectivity index (χ1) is 8.60. The normalized spacial score (nSPS) is 10.4. The van der Waals surface area contributed by atoms with Crippen LogP contribution in [0.25, 0.3) is 0 Å². The molecule has 0 radical (unpaired) electrons. The maximum Gasteiger partial charge on any atom is 0.225 e. The van der Waals surface area contributed by atoms with Gasteiger partial charge < -0.3 is 9.84 Å². The third kappa shape index (κ3) is 2.75. The van der Waals surface area contributed by atoms with Crippen molar-refractivity contribution in [2.45, 2.75) is 6.61 Å². The quantitative estimate of drug-likeness (QED) is 0.931. The van der Waals surface area contributed by atoms with E-state index in [2.05, 4.69) is 4.98 Å². The molecule has 0 aliphatic carbocycles. The zero-order valence-electron chi connectivity index (χ0n) is 9.03. The van der Waals surface area contributed by atoms with Gasteiger partial charge in [-0.2, -0.15) is 0 Å². The number of pyridine rings is 1. The summed E-state index contributed by atoms with van der Waals surface area (Å²) >= 11 is 5.78. The van der Waals surface area contributed by atoms with Crippen LogP contribution in [0.2, 0.25) is 5.02 Å². The van der Waals surface area contributed by atoms with Crippen molar-refractivity contribution in [3.8, 4) is 11.6 Å². The summed E-state index contributed by atoms with van der Waals surface area (Å²) in [5.41, 5.74) is 0.176. The van der Waals surface area contributed by atoms with Crippen LogP contribution in [0.5, 0.6) is 11.6 Å². The third-order valence-electron chi connectivity index (χ3n) is 2.16. The van der Waals surface area contributed by atoms with Gasteiger partial charge >= 0.3 is 0 Å². The smallest absolute Gasteiger partial charge is 0.225 e. The minimum absolute atomic E-state index is 0.0207. The van der Waals surface area contributed by atoms with Crippen molar-refractivity contribution in [2.75, 3.05) is 0 Å². The van der Waals surface area contributed by atoms with Gasteiger partial charge in [0.1, 0.15) is 17.4 Å². The van der Waals surface area contributed by atoms with E-state index in [1.807, 2.05) is 0 Å². The number of hydrogen-bond acceptors (Lipinski definition) is 3. The van der Waals surface area contributed by atoms with Gasteiger partial charge in [0.05, 0.1) is 17.8 Å². The number of aliphatic hydroxyl groups excluding tert-OH is 1. The summed E-state index contributed by atoms with van der Waals surface area (Å²) in [4.78, 5) is 3.70. The summed E-state index contributed by atoms with van der Waals surface area (Å²) in [5, 5.41) is 9.11. The third-order valence-corrected chi connectivity index (χ3v) is 2.46. The molecule has 0 unspecified atom stereocenters. The largest absolute Gasteiger partial charge is 0.437 e. The first kappa shape index (κ1) is 12.7. The van der Waals surface area contributed by atoms with Gasteiger partial charge in [-0.25, -0.2) is 13.8 Å². The summed E-state index contributed by atoms with van der Waals surface area (Å²) in [7, 11) is 0. The second kappa shape index (κ2) is 5.29. The average Bonchev–Trinajstić information content (AvgIpc) is 2.34. The van der Waals surface area contributed by atoms with Crippen molar-refractivity contribution in [1.82, 2.24) is 4.98 Å². The molecule has 94 valence electrons. The lowest BCUT2D eigenvalue weighted by atomic mass is 10.3. The Bertz CT molecular complexity index is 578. The minimum atomic E-state index is -0.586. The van der Waals surface area contributed by atoms with E-state index in [4.69, 9.17) is 21.4 Å². The van der Waals surface area contributed by atoms with Gasteiger partial charge in [-0.05, 0) is 24.3 Å². The van der Waals surface area contributed by atoms with E-state index >= 15 is 0 Å². The Morgan fingerprint density at radius 1 is 1.22 bits per heavy atom. The number of halogens is 3. The van der Waals surface area contributed by atoms with Crippen LogP contribution in [0.3, 0.4) is 0 Å². The molecular formula is C12H8ClF2NO2. The van der Waals surface area contributed by atoms with Crippen molar-refractivity contribution < 1.29 is 18.6 Å². The number of rotatable bonds is 3. The lowest BCUT2D eigenvalue weighted by Gasteiger charge is -2.09. The van der Waals surface area contributed by atoms with E-state index in [9.17, 15) is 8.78 Å². The van der Waals surface area contributed by atoms with E-state index in [1.54, 1.807) is 0 Å². The Balaban J connectivity index is 2.33. The highest BCUT2D eigenvalue weighted by Gasteiger charge is 2.10. The van der Waals surface area contributed by atoms with Crippen LogP contribution < -0.4 is 4.74 Å². The summed E-state index contributed by atoms with van der Waals surface area (Å²) in [6.07, 6.45) is 0.950.